The van der Waals surface area contributed by atoms with Crippen LogP contribution >= 0.6 is 0 Å². The normalized spacial score (nSPS) is 10.5. The van der Waals surface area contributed by atoms with E-state index in [4.69, 9.17) is 4.74 Å². The van der Waals surface area contributed by atoms with Crippen molar-refractivity contribution >= 4 is 5.91 Å². The molecule has 128 valence electrons. The number of amides is 1. The van der Waals surface area contributed by atoms with E-state index < -0.39 is 12.5 Å². The molecule has 0 aliphatic carbocycles. The second kappa shape index (κ2) is 8.29. The third-order valence-corrected chi connectivity index (χ3v) is 3.37. The number of hydrogen-bond donors (Lipinski definition) is 0. The summed E-state index contributed by atoms with van der Waals surface area (Å²) in [7, 11) is 1.58. The van der Waals surface area contributed by atoms with Crippen molar-refractivity contribution in [3.63, 3.8) is 0 Å². The number of likely N-dealkylation sites (N-methyl/N-ethyl adjacent to an activating group) is 1. The van der Waals surface area contributed by atoms with Crippen LogP contribution in [0.5, 0.6) is 11.5 Å². The summed E-state index contributed by atoms with van der Waals surface area (Å²) in [6.45, 7) is -0.407. The van der Waals surface area contributed by atoms with Crippen LogP contribution < -0.4 is 9.47 Å². The number of aryl methyl sites for hydroxylation is 1. The third kappa shape index (κ3) is 4.94. The highest BCUT2D eigenvalue weighted by Crippen LogP contribution is 2.21. The lowest BCUT2D eigenvalue weighted by molar-refractivity contribution is -0.0502. The van der Waals surface area contributed by atoms with Gasteiger partial charge in [0.05, 0.1) is 12.1 Å². The summed E-state index contributed by atoms with van der Waals surface area (Å²) < 4.78 is 34.8. The lowest BCUT2D eigenvalue weighted by Gasteiger charge is -2.19. The van der Waals surface area contributed by atoms with E-state index in [0.717, 1.165) is 11.3 Å². The van der Waals surface area contributed by atoms with Crippen LogP contribution in [-0.4, -0.2) is 37.6 Å². The minimum atomic E-state index is -2.98. The molecular formula is C18H19F2NO3. The quantitative estimate of drug-likeness (QED) is 0.773. The highest BCUT2D eigenvalue weighted by Gasteiger charge is 2.18. The Morgan fingerprint density at radius 3 is 2.62 bits per heavy atom. The first kappa shape index (κ1) is 17.7. The molecule has 0 unspecified atom stereocenters. The molecule has 2 aromatic rings. The van der Waals surface area contributed by atoms with E-state index in [0.29, 0.717) is 13.2 Å². The zero-order valence-electron chi connectivity index (χ0n) is 13.5. The molecule has 0 spiro atoms. The van der Waals surface area contributed by atoms with Crippen molar-refractivity contribution in [1.29, 1.82) is 0 Å². The summed E-state index contributed by atoms with van der Waals surface area (Å²) in [4.78, 5) is 13.8. The van der Waals surface area contributed by atoms with E-state index in [1.54, 1.807) is 13.1 Å². The number of para-hydroxylation sites is 1. The number of benzene rings is 2. The summed E-state index contributed by atoms with van der Waals surface area (Å²) in [6.07, 6.45) is 0. The fourth-order valence-electron chi connectivity index (χ4n) is 2.15. The fourth-order valence-corrected chi connectivity index (χ4v) is 2.15. The minimum absolute atomic E-state index is 0.0934. The number of alkyl halides is 2. The molecule has 0 aliphatic heterocycles. The molecule has 0 bridgehead atoms. The highest BCUT2D eigenvalue weighted by atomic mass is 19.3. The van der Waals surface area contributed by atoms with Gasteiger partial charge in [0.15, 0.2) is 0 Å². The molecule has 0 saturated heterocycles. The predicted octanol–water partition coefficient (Wildman–Crippen LogP) is 3.75. The van der Waals surface area contributed by atoms with Gasteiger partial charge < -0.3 is 14.4 Å². The molecular weight excluding hydrogens is 316 g/mol. The van der Waals surface area contributed by atoms with Crippen LogP contribution in [0.3, 0.4) is 0 Å². The van der Waals surface area contributed by atoms with Crippen LogP contribution in [-0.2, 0) is 0 Å². The molecule has 2 aromatic carbocycles. The zero-order valence-corrected chi connectivity index (χ0v) is 13.5. The van der Waals surface area contributed by atoms with Gasteiger partial charge in [-0.05, 0) is 36.8 Å². The summed E-state index contributed by atoms with van der Waals surface area (Å²) in [5.74, 6) is 0.181. The van der Waals surface area contributed by atoms with Gasteiger partial charge in [-0.25, -0.2) is 0 Å². The maximum Gasteiger partial charge on any atom is 0.387 e. The van der Waals surface area contributed by atoms with Crippen molar-refractivity contribution in [1.82, 2.24) is 4.90 Å². The Balaban J connectivity index is 1.95. The second-order valence-electron chi connectivity index (χ2n) is 5.27. The number of ether oxygens (including phenoxy) is 2. The Labute approximate surface area is 139 Å². The molecule has 0 saturated carbocycles. The number of nitrogens with zero attached hydrogens (tertiary/aromatic N) is 1. The Morgan fingerprint density at radius 1 is 1.17 bits per heavy atom. The van der Waals surface area contributed by atoms with E-state index in [9.17, 15) is 13.6 Å². The number of rotatable bonds is 7. The highest BCUT2D eigenvalue weighted by molar-refractivity contribution is 5.96. The number of halogens is 2. The first-order valence-corrected chi connectivity index (χ1v) is 7.46. The van der Waals surface area contributed by atoms with Gasteiger partial charge in [0, 0.05) is 7.05 Å². The number of hydrogen-bond acceptors (Lipinski definition) is 3. The Hall–Kier alpha value is -2.63. The van der Waals surface area contributed by atoms with Crippen molar-refractivity contribution in [3.8, 4) is 11.5 Å². The minimum Gasteiger partial charge on any atom is -0.492 e. The van der Waals surface area contributed by atoms with Gasteiger partial charge in [-0.15, -0.1) is 0 Å². The molecule has 6 heteroatoms. The van der Waals surface area contributed by atoms with Gasteiger partial charge in [0.2, 0.25) is 0 Å². The summed E-state index contributed by atoms with van der Waals surface area (Å²) in [5, 5.41) is 0. The first-order valence-electron chi connectivity index (χ1n) is 7.46. The van der Waals surface area contributed by atoms with Crippen LogP contribution in [0.15, 0.2) is 48.5 Å². The maximum atomic E-state index is 12.4. The van der Waals surface area contributed by atoms with Crippen LogP contribution in [0.4, 0.5) is 8.78 Å². The van der Waals surface area contributed by atoms with Crippen LogP contribution in [0, 0.1) is 6.92 Å². The molecule has 0 heterocycles. The van der Waals surface area contributed by atoms with E-state index in [-0.39, 0.29) is 11.3 Å². The maximum absolute atomic E-state index is 12.4. The average molecular weight is 335 g/mol. The lowest BCUT2D eigenvalue weighted by Crippen LogP contribution is -2.31. The van der Waals surface area contributed by atoms with Crippen LogP contribution in [0.25, 0.3) is 0 Å². The molecule has 0 atom stereocenters. The van der Waals surface area contributed by atoms with E-state index in [1.807, 2.05) is 31.2 Å². The summed E-state index contributed by atoms with van der Waals surface area (Å²) in [5.41, 5.74) is 1.17. The molecule has 1 amide bonds. The molecule has 0 N–H and O–H groups in total. The largest absolute Gasteiger partial charge is 0.492 e. The van der Waals surface area contributed by atoms with Crippen molar-refractivity contribution in [2.75, 3.05) is 20.2 Å². The van der Waals surface area contributed by atoms with Gasteiger partial charge in [0.25, 0.3) is 5.91 Å². The number of carbonyl (C=O) groups excluding carboxylic acids is 1. The molecule has 0 radical (unpaired) electrons. The van der Waals surface area contributed by atoms with Crippen molar-refractivity contribution in [3.05, 3.63) is 59.7 Å². The van der Waals surface area contributed by atoms with Gasteiger partial charge in [0.1, 0.15) is 18.1 Å². The van der Waals surface area contributed by atoms with Crippen LogP contribution in [0.2, 0.25) is 0 Å². The lowest BCUT2D eigenvalue weighted by atomic mass is 10.2. The molecule has 24 heavy (non-hydrogen) atoms. The number of carbonyl (C=O) groups is 1. The van der Waals surface area contributed by atoms with Gasteiger partial charge >= 0.3 is 6.61 Å². The Bertz CT molecular complexity index is 691. The Morgan fingerprint density at radius 2 is 1.92 bits per heavy atom. The average Bonchev–Trinajstić information content (AvgIpc) is 2.54. The topological polar surface area (TPSA) is 38.8 Å². The van der Waals surface area contributed by atoms with E-state index >= 15 is 0 Å². The van der Waals surface area contributed by atoms with Crippen molar-refractivity contribution in [2.45, 2.75) is 13.5 Å². The monoisotopic (exact) mass is 335 g/mol. The Kier molecular flexibility index (Phi) is 6.12. The molecule has 2 rings (SSSR count). The predicted molar refractivity (Wildman–Crippen MR) is 86.7 cm³/mol. The SMILES string of the molecule is Cc1cccc(OCCN(C)C(=O)c2ccccc2OC(F)F)c1. The third-order valence-electron chi connectivity index (χ3n) is 3.37. The van der Waals surface area contributed by atoms with Crippen molar-refractivity contribution < 1.29 is 23.0 Å². The van der Waals surface area contributed by atoms with Crippen LogP contribution in [0.1, 0.15) is 15.9 Å². The molecule has 4 nitrogen and oxygen atoms in total. The van der Waals surface area contributed by atoms with E-state index in [1.165, 1.54) is 23.1 Å². The molecule has 0 fully saturated rings. The summed E-state index contributed by atoms with van der Waals surface area (Å²) >= 11 is 0. The molecule has 0 aliphatic rings. The van der Waals surface area contributed by atoms with E-state index in [2.05, 4.69) is 4.74 Å². The fraction of sp³-hybridized carbons (Fsp3) is 0.278. The second-order valence-corrected chi connectivity index (χ2v) is 5.27. The smallest absolute Gasteiger partial charge is 0.387 e. The molecule has 0 aromatic heterocycles. The van der Waals surface area contributed by atoms with Gasteiger partial charge in [-0.2, -0.15) is 8.78 Å². The van der Waals surface area contributed by atoms with Gasteiger partial charge in [-0.1, -0.05) is 24.3 Å². The van der Waals surface area contributed by atoms with Gasteiger partial charge in [-0.3, -0.25) is 4.79 Å². The van der Waals surface area contributed by atoms with Crippen molar-refractivity contribution in [2.24, 2.45) is 0 Å². The zero-order chi connectivity index (χ0) is 17.5. The first-order chi connectivity index (χ1) is 11.5. The summed E-state index contributed by atoms with van der Waals surface area (Å²) in [6, 6.07) is 13.5. The standard InChI is InChI=1S/C18H19F2NO3/c1-13-6-5-7-14(12-13)23-11-10-21(2)17(22)15-8-3-4-9-16(15)24-18(19)20/h3-9,12,18H,10-11H2,1-2H3.